The molecule has 0 aliphatic rings. The van der Waals surface area contributed by atoms with Gasteiger partial charge in [-0.3, -0.25) is 5.92 Å². The van der Waals surface area contributed by atoms with Gasteiger partial charge < -0.3 is 6.42 Å². The van der Waals surface area contributed by atoms with E-state index in [9.17, 15) is 0 Å². The van der Waals surface area contributed by atoms with Crippen molar-refractivity contribution in [1.29, 1.82) is 0 Å². The molecule has 2 rings (SSSR count). The van der Waals surface area contributed by atoms with Gasteiger partial charge in [0, 0.05) is 0 Å². The van der Waals surface area contributed by atoms with Crippen molar-refractivity contribution >= 4 is 12.2 Å². The second-order valence-electron chi connectivity index (χ2n) is 3.46. The van der Waals surface area contributed by atoms with Gasteiger partial charge in [0.15, 0.2) is 0 Å². The summed E-state index contributed by atoms with van der Waals surface area (Å²) in [6.07, 6.45) is 11.2. The van der Waals surface area contributed by atoms with Crippen molar-refractivity contribution in [2.75, 3.05) is 0 Å². The van der Waals surface area contributed by atoms with Crippen molar-refractivity contribution in [3.63, 3.8) is 0 Å². The van der Waals surface area contributed by atoms with Crippen LogP contribution in [0.4, 0.5) is 0 Å². The van der Waals surface area contributed by atoms with Crippen LogP contribution in [0.1, 0.15) is 16.7 Å². The second kappa shape index (κ2) is 6.93. The molecule has 2 aromatic rings. The standard InChI is InChI=1S/C16H11.Au/c1-2-15-10-6-7-11-16(15)13-12-14-8-4-3-5-9-14;/h3-13H;/q-1;+1. The molecule has 0 bridgehead atoms. The van der Waals surface area contributed by atoms with Gasteiger partial charge >= 0.3 is 22.4 Å². The second-order valence-corrected chi connectivity index (χ2v) is 3.46. The van der Waals surface area contributed by atoms with Crippen LogP contribution in [-0.4, -0.2) is 0 Å². The van der Waals surface area contributed by atoms with E-state index in [1.165, 1.54) is 0 Å². The number of benzene rings is 2. The third kappa shape index (κ3) is 3.76. The van der Waals surface area contributed by atoms with Crippen LogP contribution in [0, 0.1) is 12.3 Å². The molecule has 0 aliphatic heterocycles. The van der Waals surface area contributed by atoms with Gasteiger partial charge in [-0.25, -0.2) is 0 Å². The molecule has 0 unspecified atom stereocenters. The Bertz CT molecular complexity index is 533. The maximum atomic E-state index is 7.18. The molecule has 0 aliphatic carbocycles. The molecule has 0 spiro atoms. The van der Waals surface area contributed by atoms with Gasteiger partial charge in [0.05, 0.1) is 0 Å². The zero-order valence-electron chi connectivity index (χ0n) is 9.15. The molecule has 0 fully saturated rings. The Morgan fingerprint density at radius 3 is 2.18 bits per heavy atom. The molecule has 0 saturated heterocycles. The third-order valence-corrected chi connectivity index (χ3v) is 2.35. The van der Waals surface area contributed by atoms with Crippen molar-refractivity contribution in [1.82, 2.24) is 0 Å². The monoisotopic (exact) mass is 400 g/mol. The number of hydrogen-bond acceptors (Lipinski definition) is 0. The van der Waals surface area contributed by atoms with E-state index in [2.05, 4.69) is 5.92 Å². The first-order chi connectivity index (χ1) is 7.90. The van der Waals surface area contributed by atoms with Gasteiger partial charge in [0.2, 0.25) is 0 Å². The minimum absolute atomic E-state index is 0. The predicted molar refractivity (Wildman–Crippen MR) is 68.0 cm³/mol. The quantitative estimate of drug-likeness (QED) is 0.312. The van der Waals surface area contributed by atoms with E-state index in [0.717, 1.165) is 16.7 Å². The molecule has 0 amide bonds. The van der Waals surface area contributed by atoms with Gasteiger partial charge in [-0.2, -0.15) is 0 Å². The van der Waals surface area contributed by atoms with Crippen LogP contribution in [0.3, 0.4) is 0 Å². The van der Waals surface area contributed by atoms with Gasteiger partial charge in [-0.15, -0.1) is 11.6 Å². The molecule has 17 heavy (non-hydrogen) atoms. The molecule has 0 heterocycles. The van der Waals surface area contributed by atoms with E-state index in [4.69, 9.17) is 6.42 Å². The van der Waals surface area contributed by atoms with Crippen LogP contribution in [0.25, 0.3) is 12.2 Å². The van der Waals surface area contributed by atoms with Crippen LogP contribution >= 0.6 is 0 Å². The minimum atomic E-state index is 0. The zero-order valence-corrected chi connectivity index (χ0v) is 11.3. The summed E-state index contributed by atoms with van der Waals surface area (Å²) in [5.41, 5.74) is 2.98. The Hall–Kier alpha value is -1.52. The SMILES string of the molecule is [Au+].[C-]#Cc1ccccc1C=Cc1ccccc1. The molecule has 2 aromatic carbocycles. The Kier molecular flexibility index (Phi) is 5.52. The Morgan fingerprint density at radius 1 is 0.824 bits per heavy atom. The average molecular weight is 400 g/mol. The Balaban J connectivity index is 0.00000144. The van der Waals surface area contributed by atoms with E-state index in [1.807, 2.05) is 66.7 Å². The van der Waals surface area contributed by atoms with E-state index in [0.29, 0.717) is 0 Å². The predicted octanol–water partition coefficient (Wildman–Crippen LogP) is 3.79. The summed E-state index contributed by atoms with van der Waals surface area (Å²) in [5, 5.41) is 0. The molecular formula is C16H11Au. The van der Waals surface area contributed by atoms with Gasteiger partial charge in [-0.05, 0) is 5.56 Å². The summed E-state index contributed by atoms with van der Waals surface area (Å²) < 4.78 is 0. The van der Waals surface area contributed by atoms with Crippen molar-refractivity contribution in [3.05, 3.63) is 77.7 Å². The van der Waals surface area contributed by atoms with Crippen molar-refractivity contribution < 1.29 is 22.4 Å². The maximum absolute atomic E-state index is 7.18. The normalized spacial score (nSPS) is 9.59. The van der Waals surface area contributed by atoms with Gasteiger partial charge in [0.1, 0.15) is 0 Å². The first kappa shape index (κ1) is 13.5. The topological polar surface area (TPSA) is 0 Å². The van der Waals surface area contributed by atoms with E-state index < -0.39 is 0 Å². The summed E-state index contributed by atoms with van der Waals surface area (Å²) >= 11 is 0. The Morgan fingerprint density at radius 2 is 1.47 bits per heavy atom. The Labute approximate surface area is 118 Å². The fraction of sp³-hybridized carbons (Fsp3) is 0. The van der Waals surface area contributed by atoms with E-state index in [1.54, 1.807) is 0 Å². The van der Waals surface area contributed by atoms with E-state index >= 15 is 0 Å². The van der Waals surface area contributed by atoms with Gasteiger partial charge in [0.25, 0.3) is 0 Å². The minimum Gasteiger partial charge on any atom is -0.366 e. The maximum Gasteiger partial charge on any atom is 1.00 e. The summed E-state index contributed by atoms with van der Waals surface area (Å²) in [6, 6.07) is 17.9. The van der Waals surface area contributed by atoms with E-state index in [-0.39, 0.29) is 22.4 Å². The fourth-order valence-corrected chi connectivity index (χ4v) is 1.51. The molecular weight excluding hydrogens is 389 g/mol. The third-order valence-electron chi connectivity index (χ3n) is 2.35. The fourth-order valence-electron chi connectivity index (χ4n) is 1.51. The van der Waals surface area contributed by atoms with Crippen LogP contribution < -0.4 is 0 Å². The van der Waals surface area contributed by atoms with Crippen molar-refractivity contribution in [3.8, 4) is 5.92 Å². The number of hydrogen-bond donors (Lipinski definition) is 0. The van der Waals surface area contributed by atoms with Crippen LogP contribution in [0.15, 0.2) is 54.6 Å². The average Bonchev–Trinajstić information content (AvgIpc) is 2.38. The zero-order chi connectivity index (χ0) is 11.2. The summed E-state index contributed by atoms with van der Waals surface area (Å²) in [7, 11) is 0. The van der Waals surface area contributed by atoms with Crippen molar-refractivity contribution in [2.45, 2.75) is 0 Å². The summed E-state index contributed by atoms with van der Waals surface area (Å²) in [6.45, 7) is 0. The molecule has 0 atom stereocenters. The van der Waals surface area contributed by atoms with Gasteiger partial charge in [-0.1, -0.05) is 66.2 Å². The summed E-state index contributed by atoms with van der Waals surface area (Å²) in [5.74, 6) is 2.43. The molecule has 0 N–H and O–H groups in total. The molecule has 1 heteroatoms. The first-order valence-corrected chi connectivity index (χ1v) is 5.15. The molecule has 0 aromatic heterocycles. The molecule has 86 valence electrons. The first-order valence-electron chi connectivity index (χ1n) is 5.15. The summed E-state index contributed by atoms with van der Waals surface area (Å²) in [4.78, 5) is 0. The van der Waals surface area contributed by atoms with Crippen molar-refractivity contribution in [2.24, 2.45) is 0 Å². The van der Waals surface area contributed by atoms with Crippen LogP contribution in [0.2, 0.25) is 0 Å². The molecule has 0 radical (unpaired) electrons. The molecule has 0 saturated carbocycles. The van der Waals surface area contributed by atoms with Crippen LogP contribution in [0.5, 0.6) is 0 Å². The smallest absolute Gasteiger partial charge is 0.366 e. The molecule has 0 nitrogen and oxygen atoms in total. The van der Waals surface area contributed by atoms with Crippen LogP contribution in [-0.2, 0) is 22.4 Å². The number of rotatable bonds is 2. The largest absolute Gasteiger partial charge is 1.00 e.